The Morgan fingerprint density at radius 2 is 1.66 bits per heavy atom. The molecule has 2 rings (SSSR count). The van der Waals surface area contributed by atoms with Crippen molar-refractivity contribution < 1.29 is 23.9 Å². The van der Waals surface area contributed by atoms with Crippen LogP contribution in [0.3, 0.4) is 0 Å². The summed E-state index contributed by atoms with van der Waals surface area (Å²) >= 11 is 0. The molecule has 0 saturated carbocycles. The Morgan fingerprint density at radius 3 is 2.28 bits per heavy atom. The number of rotatable bonds is 5. The van der Waals surface area contributed by atoms with Crippen molar-refractivity contribution in [3.05, 3.63) is 60.2 Å². The van der Waals surface area contributed by atoms with Gasteiger partial charge in [0.05, 0.1) is 5.56 Å². The van der Waals surface area contributed by atoms with Crippen LogP contribution in [0.2, 0.25) is 0 Å². The number of nitrogens with one attached hydrogen (secondary N) is 1. The lowest BCUT2D eigenvalue weighted by Gasteiger charge is -2.21. The van der Waals surface area contributed by atoms with Crippen LogP contribution >= 0.6 is 0 Å². The molecule has 1 N–H and O–H groups in total. The molecule has 1 atom stereocenters. The van der Waals surface area contributed by atoms with Gasteiger partial charge >= 0.3 is 12.1 Å². The molecule has 0 aliphatic rings. The molecule has 0 spiro atoms. The highest BCUT2D eigenvalue weighted by Crippen LogP contribution is 2.17. The molecule has 0 fully saturated rings. The van der Waals surface area contributed by atoms with Crippen molar-refractivity contribution in [1.82, 2.24) is 0 Å². The zero-order valence-electron chi connectivity index (χ0n) is 17.3. The molecular weight excluding hydrogens is 372 g/mol. The lowest BCUT2D eigenvalue weighted by molar-refractivity contribution is -0.126. The van der Waals surface area contributed by atoms with E-state index in [1.807, 2.05) is 18.2 Å². The molecule has 29 heavy (non-hydrogen) atoms. The molecule has 7 heteroatoms. The Kier molecular flexibility index (Phi) is 6.98. The van der Waals surface area contributed by atoms with Gasteiger partial charge in [0.15, 0.2) is 6.10 Å². The van der Waals surface area contributed by atoms with Crippen molar-refractivity contribution in [1.29, 1.82) is 0 Å². The smallest absolute Gasteiger partial charge is 0.412 e. The number of hydrogen-bond donors (Lipinski definition) is 1. The van der Waals surface area contributed by atoms with Gasteiger partial charge < -0.3 is 14.4 Å². The first kappa shape index (κ1) is 21.9. The number of carbonyl (C=O) groups is 3. The number of nitrogens with zero attached hydrogens (tertiary/aromatic N) is 1. The van der Waals surface area contributed by atoms with Crippen LogP contribution in [-0.2, 0) is 14.3 Å². The second-order valence-electron chi connectivity index (χ2n) is 7.49. The highest BCUT2D eigenvalue weighted by molar-refractivity contribution is 5.99. The van der Waals surface area contributed by atoms with E-state index in [2.05, 4.69) is 5.32 Å². The Labute approximate surface area is 170 Å². The minimum Gasteiger partial charge on any atom is -0.449 e. The summed E-state index contributed by atoms with van der Waals surface area (Å²) < 4.78 is 10.5. The van der Waals surface area contributed by atoms with Crippen molar-refractivity contribution in [2.75, 3.05) is 17.3 Å². The standard InChI is InChI=1S/C22H26N2O5/c1-15(19(25)24(5)18-12-7-6-8-13-18)28-20(26)16-10-9-11-17(14-16)23-21(27)29-22(2,3)4/h6-15H,1-5H3,(H,23,27)/t15-/m0/s1. The van der Waals surface area contributed by atoms with Crippen LogP contribution in [0.15, 0.2) is 54.6 Å². The van der Waals surface area contributed by atoms with Crippen molar-refractivity contribution in [3.8, 4) is 0 Å². The summed E-state index contributed by atoms with van der Waals surface area (Å²) in [6, 6.07) is 15.3. The molecule has 0 aliphatic heterocycles. The Balaban J connectivity index is 2.01. The lowest BCUT2D eigenvalue weighted by atomic mass is 10.2. The topological polar surface area (TPSA) is 84.9 Å². The number of benzene rings is 2. The lowest BCUT2D eigenvalue weighted by Crippen LogP contribution is -2.37. The summed E-state index contributed by atoms with van der Waals surface area (Å²) in [6.45, 7) is 6.78. The number of anilines is 2. The third-order valence-electron chi connectivity index (χ3n) is 3.85. The summed E-state index contributed by atoms with van der Waals surface area (Å²) in [5.41, 5.74) is 0.653. The van der Waals surface area contributed by atoms with E-state index in [0.29, 0.717) is 11.4 Å². The minimum absolute atomic E-state index is 0.209. The van der Waals surface area contributed by atoms with Gasteiger partial charge in [-0.2, -0.15) is 0 Å². The first-order valence-corrected chi connectivity index (χ1v) is 9.20. The van der Waals surface area contributed by atoms with Crippen LogP contribution in [0.4, 0.5) is 16.2 Å². The van der Waals surface area contributed by atoms with Crippen LogP contribution in [-0.4, -0.2) is 36.7 Å². The van der Waals surface area contributed by atoms with E-state index in [9.17, 15) is 14.4 Å². The third kappa shape index (κ3) is 6.64. The van der Waals surface area contributed by atoms with Gasteiger partial charge in [-0.1, -0.05) is 24.3 Å². The molecule has 7 nitrogen and oxygen atoms in total. The van der Waals surface area contributed by atoms with Gasteiger partial charge in [-0.3, -0.25) is 10.1 Å². The molecule has 0 heterocycles. The fraction of sp³-hybridized carbons (Fsp3) is 0.318. The van der Waals surface area contributed by atoms with Gasteiger partial charge in [-0.15, -0.1) is 0 Å². The number of likely N-dealkylation sites (N-methyl/N-ethyl adjacent to an activating group) is 1. The molecule has 0 aromatic heterocycles. The molecule has 2 aromatic carbocycles. The van der Waals surface area contributed by atoms with E-state index in [1.165, 1.54) is 17.9 Å². The second-order valence-corrected chi connectivity index (χ2v) is 7.49. The number of carbonyl (C=O) groups excluding carboxylic acids is 3. The number of esters is 1. The first-order valence-electron chi connectivity index (χ1n) is 9.20. The maximum Gasteiger partial charge on any atom is 0.412 e. The highest BCUT2D eigenvalue weighted by atomic mass is 16.6. The molecule has 0 aliphatic carbocycles. The highest BCUT2D eigenvalue weighted by Gasteiger charge is 2.23. The quantitative estimate of drug-likeness (QED) is 0.762. The largest absolute Gasteiger partial charge is 0.449 e. The summed E-state index contributed by atoms with van der Waals surface area (Å²) in [5.74, 6) is -1.02. The first-order chi connectivity index (χ1) is 13.6. The van der Waals surface area contributed by atoms with Gasteiger partial charge in [-0.05, 0) is 58.0 Å². The number of hydrogen-bond acceptors (Lipinski definition) is 5. The van der Waals surface area contributed by atoms with Crippen LogP contribution in [0.5, 0.6) is 0 Å². The number of ether oxygens (including phenoxy) is 2. The zero-order chi connectivity index (χ0) is 21.6. The minimum atomic E-state index is -0.977. The summed E-state index contributed by atoms with van der Waals surface area (Å²) in [6.07, 6.45) is -1.61. The van der Waals surface area contributed by atoms with E-state index in [-0.39, 0.29) is 11.5 Å². The molecule has 2 amide bonds. The molecule has 0 bridgehead atoms. The predicted molar refractivity (Wildman–Crippen MR) is 111 cm³/mol. The SMILES string of the molecule is C[C@H](OC(=O)c1cccc(NC(=O)OC(C)(C)C)c1)C(=O)N(C)c1ccccc1. The fourth-order valence-corrected chi connectivity index (χ4v) is 2.48. The van der Waals surface area contributed by atoms with E-state index < -0.39 is 23.8 Å². The normalized spacial score (nSPS) is 11.9. The average molecular weight is 398 g/mol. The number of para-hydroxylation sites is 1. The van der Waals surface area contributed by atoms with Gasteiger partial charge in [0, 0.05) is 18.4 Å². The van der Waals surface area contributed by atoms with Crippen LogP contribution in [0.1, 0.15) is 38.1 Å². The van der Waals surface area contributed by atoms with Gasteiger partial charge in [0.25, 0.3) is 5.91 Å². The van der Waals surface area contributed by atoms with Crippen LogP contribution < -0.4 is 10.2 Å². The molecule has 0 unspecified atom stereocenters. The molecule has 154 valence electrons. The summed E-state index contributed by atoms with van der Waals surface area (Å²) in [5, 5.41) is 2.57. The van der Waals surface area contributed by atoms with E-state index in [0.717, 1.165) is 0 Å². The summed E-state index contributed by atoms with van der Waals surface area (Å²) in [4.78, 5) is 38.3. The Bertz CT molecular complexity index is 874. The van der Waals surface area contributed by atoms with Crippen molar-refractivity contribution in [2.45, 2.75) is 39.4 Å². The van der Waals surface area contributed by atoms with E-state index in [1.54, 1.807) is 58.2 Å². The van der Waals surface area contributed by atoms with E-state index >= 15 is 0 Å². The molecular formula is C22H26N2O5. The fourth-order valence-electron chi connectivity index (χ4n) is 2.48. The average Bonchev–Trinajstić information content (AvgIpc) is 2.66. The monoisotopic (exact) mass is 398 g/mol. The van der Waals surface area contributed by atoms with Crippen molar-refractivity contribution in [2.24, 2.45) is 0 Å². The molecule has 2 aromatic rings. The Hall–Kier alpha value is -3.35. The van der Waals surface area contributed by atoms with Gasteiger partial charge in [-0.25, -0.2) is 9.59 Å². The van der Waals surface area contributed by atoms with E-state index in [4.69, 9.17) is 9.47 Å². The van der Waals surface area contributed by atoms with Crippen LogP contribution in [0, 0.1) is 0 Å². The molecule has 0 radical (unpaired) electrons. The van der Waals surface area contributed by atoms with Crippen LogP contribution in [0.25, 0.3) is 0 Å². The number of amides is 2. The summed E-state index contributed by atoms with van der Waals surface area (Å²) in [7, 11) is 1.62. The van der Waals surface area contributed by atoms with Crippen molar-refractivity contribution in [3.63, 3.8) is 0 Å². The third-order valence-corrected chi connectivity index (χ3v) is 3.85. The van der Waals surface area contributed by atoms with Gasteiger partial charge in [0.2, 0.25) is 0 Å². The zero-order valence-corrected chi connectivity index (χ0v) is 17.3. The van der Waals surface area contributed by atoms with Crippen molar-refractivity contribution >= 4 is 29.3 Å². The Morgan fingerprint density at radius 1 is 1.00 bits per heavy atom. The molecule has 0 saturated heterocycles. The second kappa shape index (κ2) is 9.23. The maximum absolute atomic E-state index is 12.5. The van der Waals surface area contributed by atoms with Gasteiger partial charge in [0.1, 0.15) is 5.60 Å². The predicted octanol–water partition coefficient (Wildman–Crippen LogP) is 4.24. The maximum atomic E-state index is 12.5.